The molecule has 0 saturated heterocycles. The molecule has 2 aromatic carbocycles. The van der Waals surface area contributed by atoms with Crippen molar-refractivity contribution in [3.8, 4) is 0 Å². The summed E-state index contributed by atoms with van der Waals surface area (Å²) in [4.78, 5) is 37.4. The van der Waals surface area contributed by atoms with Gasteiger partial charge in [-0.05, 0) is 50.8 Å². The molecule has 0 atom stereocenters. The summed E-state index contributed by atoms with van der Waals surface area (Å²) < 4.78 is 0. The first-order valence-corrected chi connectivity index (χ1v) is 9.79. The average Bonchev–Trinajstić information content (AvgIpc) is 2.76. The van der Waals surface area contributed by atoms with Crippen LogP contribution in [0.5, 0.6) is 0 Å². The number of amides is 2. The van der Waals surface area contributed by atoms with E-state index < -0.39 is 16.7 Å². The van der Waals surface area contributed by atoms with Gasteiger partial charge in [0, 0.05) is 24.2 Å². The molecule has 0 aliphatic heterocycles. The van der Waals surface area contributed by atoms with Gasteiger partial charge in [0.25, 0.3) is 17.5 Å². The number of hydrogen-bond donors (Lipinski definition) is 2. The van der Waals surface area contributed by atoms with Crippen molar-refractivity contribution in [2.24, 2.45) is 0 Å². The maximum Gasteiger partial charge on any atom is 0.269 e. The van der Waals surface area contributed by atoms with Crippen molar-refractivity contribution in [1.29, 1.82) is 0 Å². The standard InChI is InChI=1S/C23H26N4O4/c1-26(2)17-7-16-24-23(29)21(11-6-10-18-8-4-3-5-9-18)25-22(28)19-12-14-20(15-13-19)27(30)31/h3-6,8-15H,7,16-17H2,1-2H3,(H,24,29)(H,25,28)/b10-6+,21-11+. The Morgan fingerprint density at radius 2 is 1.74 bits per heavy atom. The number of allylic oxidation sites excluding steroid dienone is 2. The number of benzene rings is 2. The zero-order valence-electron chi connectivity index (χ0n) is 17.6. The SMILES string of the molecule is CN(C)CCCNC(=O)/C(=C\C=C\c1ccccc1)NC(=O)c1ccc([N+](=O)[O-])cc1. The number of non-ortho nitro benzene ring substituents is 1. The van der Waals surface area contributed by atoms with Crippen LogP contribution in [0.15, 0.2) is 72.4 Å². The lowest BCUT2D eigenvalue weighted by molar-refractivity contribution is -0.384. The number of hydrogen-bond acceptors (Lipinski definition) is 5. The van der Waals surface area contributed by atoms with E-state index in [-0.39, 0.29) is 16.9 Å². The predicted molar refractivity (Wildman–Crippen MR) is 120 cm³/mol. The zero-order valence-corrected chi connectivity index (χ0v) is 17.6. The predicted octanol–water partition coefficient (Wildman–Crippen LogP) is 2.99. The molecule has 8 nitrogen and oxygen atoms in total. The lowest BCUT2D eigenvalue weighted by Crippen LogP contribution is -2.36. The van der Waals surface area contributed by atoms with Crippen molar-refractivity contribution in [3.63, 3.8) is 0 Å². The summed E-state index contributed by atoms with van der Waals surface area (Å²) in [5, 5.41) is 16.2. The van der Waals surface area contributed by atoms with E-state index >= 15 is 0 Å². The molecule has 31 heavy (non-hydrogen) atoms. The van der Waals surface area contributed by atoms with Gasteiger partial charge in [-0.2, -0.15) is 0 Å². The summed E-state index contributed by atoms with van der Waals surface area (Å²) in [5.74, 6) is -0.940. The third-order valence-electron chi connectivity index (χ3n) is 4.25. The van der Waals surface area contributed by atoms with Gasteiger partial charge in [0.1, 0.15) is 5.70 Å². The van der Waals surface area contributed by atoms with Crippen LogP contribution in [0.3, 0.4) is 0 Å². The van der Waals surface area contributed by atoms with Crippen molar-refractivity contribution in [2.75, 3.05) is 27.2 Å². The molecule has 2 N–H and O–H groups in total. The third-order valence-corrected chi connectivity index (χ3v) is 4.25. The van der Waals surface area contributed by atoms with Crippen LogP contribution in [-0.4, -0.2) is 48.8 Å². The van der Waals surface area contributed by atoms with Gasteiger partial charge in [0.15, 0.2) is 0 Å². The highest BCUT2D eigenvalue weighted by Gasteiger charge is 2.15. The minimum atomic E-state index is -0.539. The second-order valence-corrected chi connectivity index (χ2v) is 7.02. The van der Waals surface area contributed by atoms with Crippen LogP contribution in [0.4, 0.5) is 5.69 Å². The Bertz CT molecular complexity index is 951. The molecule has 8 heteroatoms. The smallest absolute Gasteiger partial charge is 0.269 e. The van der Waals surface area contributed by atoms with Gasteiger partial charge in [-0.3, -0.25) is 19.7 Å². The molecule has 162 valence electrons. The number of carbonyl (C=O) groups is 2. The van der Waals surface area contributed by atoms with Gasteiger partial charge in [-0.15, -0.1) is 0 Å². The van der Waals surface area contributed by atoms with E-state index in [1.165, 1.54) is 30.3 Å². The molecule has 0 radical (unpaired) electrons. The zero-order chi connectivity index (χ0) is 22.6. The molecule has 2 aromatic rings. The van der Waals surface area contributed by atoms with E-state index in [9.17, 15) is 19.7 Å². The summed E-state index contributed by atoms with van der Waals surface area (Å²) in [6.07, 6.45) is 5.79. The van der Waals surface area contributed by atoms with Gasteiger partial charge in [0.2, 0.25) is 0 Å². The van der Waals surface area contributed by atoms with Crippen LogP contribution in [0.1, 0.15) is 22.3 Å². The molecule has 0 spiro atoms. The molecule has 2 rings (SSSR count). The van der Waals surface area contributed by atoms with Crippen LogP contribution in [0.2, 0.25) is 0 Å². The topological polar surface area (TPSA) is 105 Å². The number of nitrogens with zero attached hydrogens (tertiary/aromatic N) is 2. The first-order valence-electron chi connectivity index (χ1n) is 9.79. The maximum atomic E-state index is 12.6. The van der Waals surface area contributed by atoms with E-state index in [1.54, 1.807) is 6.08 Å². The summed E-state index contributed by atoms with van der Waals surface area (Å²) >= 11 is 0. The van der Waals surface area contributed by atoms with E-state index in [4.69, 9.17) is 0 Å². The number of nitro benzene ring substituents is 1. The van der Waals surface area contributed by atoms with Crippen LogP contribution >= 0.6 is 0 Å². The molecular formula is C23H26N4O4. The highest BCUT2D eigenvalue weighted by atomic mass is 16.6. The van der Waals surface area contributed by atoms with Crippen molar-refractivity contribution >= 4 is 23.6 Å². The van der Waals surface area contributed by atoms with Crippen LogP contribution in [0, 0.1) is 10.1 Å². The number of carbonyl (C=O) groups excluding carboxylic acids is 2. The van der Waals surface area contributed by atoms with Crippen LogP contribution < -0.4 is 10.6 Å². The van der Waals surface area contributed by atoms with E-state index in [0.717, 1.165) is 18.5 Å². The second kappa shape index (κ2) is 12.0. The van der Waals surface area contributed by atoms with Crippen molar-refractivity contribution < 1.29 is 14.5 Å². The van der Waals surface area contributed by atoms with E-state index in [1.807, 2.05) is 55.4 Å². The normalized spacial score (nSPS) is 11.5. The van der Waals surface area contributed by atoms with Crippen LogP contribution in [-0.2, 0) is 4.79 Å². The van der Waals surface area contributed by atoms with Gasteiger partial charge in [-0.1, -0.05) is 42.5 Å². The fraction of sp³-hybridized carbons (Fsp3) is 0.217. The Morgan fingerprint density at radius 3 is 2.35 bits per heavy atom. The molecule has 0 aliphatic rings. The Morgan fingerprint density at radius 1 is 1.06 bits per heavy atom. The number of rotatable bonds is 10. The molecule has 0 saturated carbocycles. The molecule has 0 aromatic heterocycles. The Labute approximate surface area is 181 Å². The summed E-state index contributed by atoms with van der Waals surface area (Å²) in [7, 11) is 3.90. The van der Waals surface area contributed by atoms with Gasteiger partial charge < -0.3 is 15.5 Å². The quantitative estimate of drug-likeness (QED) is 0.201. The second-order valence-electron chi connectivity index (χ2n) is 7.02. The summed E-state index contributed by atoms with van der Waals surface area (Å²) in [5.41, 5.74) is 1.13. The first-order chi connectivity index (χ1) is 14.9. The first kappa shape index (κ1) is 23.5. The van der Waals surface area contributed by atoms with E-state index in [0.29, 0.717) is 6.54 Å². The summed E-state index contributed by atoms with van der Waals surface area (Å²) in [6.45, 7) is 1.28. The minimum absolute atomic E-state index is 0.0837. The fourth-order valence-corrected chi connectivity index (χ4v) is 2.62. The molecule has 0 fully saturated rings. The molecule has 0 bridgehead atoms. The lowest BCUT2D eigenvalue weighted by Gasteiger charge is -2.12. The molecule has 0 heterocycles. The minimum Gasteiger partial charge on any atom is -0.351 e. The average molecular weight is 422 g/mol. The highest BCUT2D eigenvalue weighted by molar-refractivity contribution is 6.03. The Kier molecular flexibility index (Phi) is 9.13. The van der Waals surface area contributed by atoms with Gasteiger partial charge in [-0.25, -0.2) is 0 Å². The Hall–Kier alpha value is -3.78. The number of nitrogens with one attached hydrogen (secondary N) is 2. The summed E-state index contributed by atoms with van der Waals surface area (Å²) in [6, 6.07) is 14.7. The molecular weight excluding hydrogens is 396 g/mol. The molecule has 0 unspecified atom stereocenters. The monoisotopic (exact) mass is 422 g/mol. The van der Waals surface area contributed by atoms with Crippen molar-refractivity contribution in [1.82, 2.24) is 15.5 Å². The largest absolute Gasteiger partial charge is 0.351 e. The number of nitro groups is 1. The maximum absolute atomic E-state index is 12.6. The van der Waals surface area contributed by atoms with Gasteiger partial charge >= 0.3 is 0 Å². The highest BCUT2D eigenvalue weighted by Crippen LogP contribution is 2.12. The lowest BCUT2D eigenvalue weighted by atomic mass is 10.2. The molecule has 0 aliphatic carbocycles. The fourth-order valence-electron chi connectivity index (χ4n) is 2.62. The van der Waals surface area contributed by atoms with Crippen molar-refractivity contribution in [2.45, 2.75) is 6.42 Å². The van der Waals surface area contributed by atoms with E-state index in [2.05, 4.69) is 10.6 Å². The molecule has 2 amide bonds. The third kappa shape index (κ3) is 8.23. The Balaban J connectivity index is 2.12. The van der Waals surface area contributed by atoms with Gasteiger partial charge in [0.05, 0.1) is 4.92 Å². The van der Waals surface area contributed by atoms with Crippen molar-refractivity contribution in [3.05, 3.63) is 93.7 Å². The van der Waals surface area contributed by atoms with Crippen LogP contribution in [0.25, 0.3) is 6.08 Å².